The molecule has 0 radical (unpaired) electrons. The molecule has 5 rings (SSSR count). The summed E-state index contributed by atoms with van der Waals surface area (Å²) in [5, 5.41) is 24.7. The molecule has 0 spiro atoms. The molecule has 2 N–H and O–H groups in total. The van der Waals surface area contributed by atoms with E-state index in [2.05, 4.69) is 34.3 Å². The topological polar surface area (TPSA) is 121 Å². The van der Waals surface area contributed by atoms with E-state index < -0.39 is 12.4 Å². The summed E-state index contributed by atoms with van der Waals surface area (Å²) in [5.41, 5.74) is 5.80. The molecule has 1 fully saturated rings. The van der Waals surface area contributed by atoms with Crippen LogP contribution in [0.25, 0.3) is 11.1 Å². The molecule has 3 aromatic carbocycles. The number of benzene rings is 3. The van der Waals surface area contributed by atoms with Gasteiger partial charge in [-0.2, -0.15) is 0 Å². The average molecular weight is 602 g/mol. The van der Waals surface area contributed by atoms with E-state index in [9.17, 15) is 9.90 Å². The van der Waals surface area contributed by atoms with Gasteiger partial charge in [0.15, 0.2) is 6.29 Å². The molecule has 1 amide bonds. The maximum absolute atomic E-state index is 11.8. The van der Waals surface area contributed by atoms with Crippen LogP contribution in [0, 0.1) is 5.92 Å². The van der Waals surface area contributed by atoms with Gasteiger partial charge in [-0.05, 0) is 44.3 Å². The van der Waals surface area contributed by atoms with E-state index in [1.54, 1.807) is 16.4 Å². The zero-order chi connectivity index (χ0) is 30.2. The number of aliphatic hydroxyl groups excluding tert-OH is 1. The van der Waals surface area contributed by atoms with Crippen molar-refractivity contribution >= 4 is 17.9 Å². The molecule has 0 unspecified atom stereocenters. The molecule has 11 heteroatoms. The molecule has 0 saturated carbocycles. The summed E-state index contributed by atoms with van der Waals surface area (Å²) in [7, 11) is 1.82. The first kappa shape index (κ1) is 30.4. The number of amides is 1. The Hall–Kier alpha value is -4.03. The van der Waals surface area contributed by atoms with Crippen LogP contribution in [0.1, 0.15) is 41.6 Å². The van der Waals surface area contributed by atoms with E-state index in [0.717, 1.165) is 38.5 Å². The lowest BCUT2D eigenvalue weighted by atomic mass is 9.91. The number of thioether (sulfide) groups is 1. The smallest absolute Gasteiger partial charge is 0.407 e. The molecule has 43 heavy (non-hydrogen) atoms. The van der Waals surface area contributed by atoms with Crippen molar-refractivity contribution in [3.63, 3.8) is 0 Å². The minimum Gasteiger partial charge on any atom is -0.445 e. The molecule has 1 saturated heterocycles. The lowest BCUT2D eigenvalue weighted by Gasteiger charge is -2.41. The van der Waals surface area contributed by atoms with E-state index in [0.29, 0.717) is 12.3 Å². The largest absolute Gasteiger partial charge is 0.445 e. The van der Waals surface area contributed by atoms with Gasteiger partial charge < -0.3 is 24.6 Å². The van der Waals surface area contributed by atoms with Crippen molar-refractivity contribution in [1.82, 2.24) is 25.5 Å². The maximum Gasteiger partial charge on any atom is 0.407 e. The third-order valence-electron chi connectivity index (χ3n) is 7.29. The van der Waals surface area contributed by atoms with Gasteiger partial charge in [0.2, 0.25) is 5.16 Å². The molecule has 224 valence electrons. The van der Waals surface area contributed by atoms with Crippen LogP contribution < -0.4 is 5.32 Å². The molecule has 2 heterocycles. The second kappa shape index (κ2) is 14.4. The van der Waals surface area contributed by atoms with Crippen molar-refractivity contribution < 1.29 is 24.1 Å². The highest BCUT2D eigenvalue weighted by Gasteiger charge is 2.38. The van der Waals surface area contributed by atoms with Gasteiger partial charge in [-0.1, -0.05) is 98.1 Å². The molecule has 1 aromatic heterocycles. The Morgan fingerprint density at radius 3 is 2.53 bits per heavy atom. The van der Waals surface area contributed by atoms with Crippen LogP contribution in [-0.2, 0) is 34.4 Å². The Labute approximate surface area is 255 Å². The number of alkyl carbamates (subject to hydrolysis) is 1. The average Bonchev–Trinajstić information content (AvgIpc) is 3.46. The molecule has 4 aromatic rings. The van der Waals surface area contributed by atoms with Gasteiger partial charge in [-0.15, -0.1) is 5.10 Å². The van der Waals surface area contributed by atoms with Gasteiger partial charge in [0.05, 0.1) is 18.8 Å². The normalized spacial score (nSPS) is 20.0. The molecule has 1 aliphatic rings. The number of carbonyl (C=O) groups is 1. The van der Waals surface area contributed by atoms with Crippen LogP contribution in [0.3, 0.4) is 0 Å². The van der Waals surface area contributed by atoms with Crippen LogP contribution in [-0.4, -0.2) is 49.9 Å². The standard InChI is InChI=1S/C32H35N5O5S/c1-4-16-40-32(39)33-18-23-6-5-7-27(17-23)24-12-14-26(15-13-24)30-41-28(20-43-31-34-35-36-37(31)3)21(2)29(42-30)25-10-8-22(19-38)9-11-25/h4-15,17,21,28-30,38H,1,16,18-20H2,2-3H3,(H,33,39)/t21-,28+,29+,30+/m1/s1. The fourth-order valence-electron chi connectivity index (χ4n) is 4.86. The molecule has 10 nitrogen and oxygen atoms in total. The van der Waals surface area contributed by atoms with Crippen molar-refractivity contribution in [1.29, 1.82) is 0 Å². The summed E-state index contributed by atoms with van der Waals surface area (Å²) in [6.45, 7) is 6.19. The number of hydrogen-bond donors (Lipinski definition) is 2. The molecular weight excluding hydrogens is 566 g/mol. The van der Waals surface area contributed by atoms with Crippen LogP contribution in [0.4, 0.5) is 4.79 Å². The predicted octanol–water partition coefficient (Wildman–Crippen LogP) is 5.37. The summed E-state index contributed by atoms with van der Waals surface area (Å²) in [4.78, 5) is 11.8. The minimum absolute atomic E-state index is 0.00780. The maximum atomic E-state index is 11.8. The third-order valence-corrected chi connectivity index (χ3v) is 8.39. The summed E-state index contributed by atoms with van der Waals surface area (Å²) in [6, 6.07) is 24.0. The first-order valence-corrected chi connectivity index (χ1v) is 15.0. The summed E-state index contributed by atoms with van der Waals surface area (Å²) in [6.07, 6.45) is 0.124. The van der Waals surface area contributed by atoms with Crippen LogP contribution in [0.5, 0.6) is 0 Å². The van der Waals surface area contributed by atoms with E-state index in [-0.39, 0.29) is 31.3 Å². The Morgan fingerprint density at radius 1 is 1.07 bits per heavy atom. The number of aryl methyl sites for hydroxylation is 1. The summed E-state index contributed by atoms with van der Waals surface area (Å²) < 4.78 is 19.8. The van der Waals surface area contributed by atoms with Crippen LogP contribution in [0.15, 0.2) is 90.6 Å². The molecule has 1 aliphatic heterocycles. The lowest BCUT2D eigenvalue weighted by molar-refractivity contribution is -0.268. The van der Waals surface area contributed by atoms with Gasteiger partial charge in [0, 0.05) is 30.8 Å². The quantitative estimate of drug-likeness (QED) is 0.173. The van der Waals surface area contributed by atoms with Crippen molar-refractivity contribution in [2.45, 2.75) is 43.7 Å². The second-order valence-electron chi connectivity index (χ2n) is 10.3. The number of tetrazole rings is 1. The first-order valence-electron chi connectivity index (χ1n) is 14.0. The number of aliphatic hydroxyl groups is 1. The number of nitrogens with zero attached hydrogens (tertiary/aromatic N) is 4. The lowest BCUT2D eigenvalue weighted by Crippen LogP contribution is -2.38. The molecule has 0 bridgehead atoms. The number of ether oxygens (including phenoxy) is 3. The van der Waals surface area contributed by atoms with Gasteiger partial charge >= 0.3 is 6.09 Å². The van der Waals surface area contributed by atoms with E-state index in [4.69, 9.17) is 14.2 Å². The molecular formula is C32H35N5O5S. The first-order chi connectivity index (χ1) is 20.9. The summed E-state index contributed by atoms with van der Waals surface area (Å²) >= 11 is 1.55. The van der Waals surface area contributed by atoms with Gasteiger partial charge in [0.25, 0.3) is 0 Å². The number of aromatic nitrogens is 4. The molecule has 0 aliphatic carbocycles. The highest BCUT2D eigenvalue weighted by molar-refractivity contribution is 7.99. The van der Waals surface area contributed by atoms with Crippen molar-refractivity contribution in [3.8, 4) is 11.1 Å². The van der Waals surface area contributed by atoms with Gasteiger partial charge in [0.1, 0.15) is 6.61 Å². The van der Waals surface area contributed by atoms with Crippen molar-refractivity contribution in [3.05, 3.63) is 108 Å². The third kappa shape index (κ3) is 7.68. The Morgan fingerprint density at radius 2 is 1.84 bits per heavy atom. The van der Waals surface area contributed by atoms with Crippen molar-refractivity contribution in [2.24, 2.45) is 13.0 Å². The number of rotatable bonds is 11. The van der Waals surface area contributed by atoms with E-state index in [1.807, 2.05) is 79.8 Å². The van der Waals surface area contributed by atoms with E-state index in [1.165, 1.54) is 6.08 Å². The highest BCUT2D eigenvalue weighted by Crippen LogP contribution is 2.43. The summed E-state index contributed by atoms with van der Waals surface area (Å²) in [5.74, 6) is 0.704. The number of hydrogen-bond acceptors (Lipinski definition) is 9. The van der Waals surface area contributed by atoms with Crippen LogP contribution in [0.2, 0.25) is 0 Å². The Kier molecular flexibility index (Phi) is 10.2. The SMILES string of the molecule is C=CCOC(=O)NCc1cccc(-c2ccc([C@H]3O[C@@H](CSc4nnnn4C)[C@@H](C)[C@@H](c4ccc(CO)cc4)O3)cc2)c1. The van der Waals surface area contributed by atoms with Gasteiger partial charge in [-0.3, -0.25) is 0 Å². The zero-order valence-corrected chi connectivity index (χ0v) is 24.9. The Balaban J connectivity index is 1.32. The predicted molar refractivity (Wildman–Crippen MR) is 163 cm³/mol. The number of nitrogens with one attached hydrogen (secondary N) is 1. The van der Waals surface area contributed by atoms with E-state index >= 15 is 0 Å². The zero-order valence-electron chi connectivity index (χ0n) is 24.1. The fourth-order valence-corrected chi connectivity index (χ4v) is 5.88. The van der Waals surface area contributed by atoms with Crippen molar-refractivity contribution in [2.75, 3.05) is 12.4 Å². The van der Waals surface area contributed by atoms with Crippen LogP contribution >= 0.6 is 11.8 Å². The fraction of sp³-hybridized carbons (Fsp3) is 0.312. The minimum atomic E-state index is -0.576. The second-order valence-corrected chi connectivity index (χ2v) is 11.3. The molecule has 4 atom stereocenters. The van der Waals surface area contributed by atoms with Gasteiger partial charge in [-0.25, -0.2) is 9.48 Å². The highest BCUT2D eigenvalue weighted by atomic mass is 32.2. The Bertz CT molecular complexity index is 1510. The monoisotopic (exact) mass is 601 g/mol. The number of carbonyl (C=O) groups excluding carboxylic acids is 1.